The zero-order valence-corrected chi connectivity index (χ0v) is 23.0. The van der Waals surface area contributed by atoms with E-state index in [9.17, 15) is 9.59 Å². The van der Waals surface area contributed by atoms with Crippen LogP contribution in [0.25, 0.3) is 0 Å². The predicted molar refractivity (Wildman–Crippen MR) is 151 cm³/mol. The Morgan fingerprint density at radius 2 is 1.58 bits per heavy atom. The first-order chi connectivity index (χ1) is 17.4. The van der Waals surface area contributed by atoms with Crippen molar-refractivity contribution in [2.45, 2.75) is 51.1 Å². The van der Waals surface area contributed by atoms with Crippen molar-refractivity contribution in [2.24, 2.45) is 0 Å². The van der Waals surface area contributed by atoms with Crippen LogP contribution in [0.4, 0.5) is 0 Å². The number of nitrogens with zero attached hydrogens (tertiary/aromatic N) is 1. The third-order valence-corrected chi connectivity index (χ3v) is 7.40. The van der Waals surface area contributed by atoms with Crippen LogP contribution in [0.15, 0.2) is 78.9 Å². The molecule has 2 amide bonds. The van der Waals surface area contributed by atoms with Crippen molar-refractivity contribution < 1.29 is 9.59 Å². The highest BCUT2D eigenvalue weighted by atomic mass is 35.5. The average Bonchev–Trinajstić information content (AvgIpc) is 2.87. The van der Waals surface area contributed by atoms with Gasteiger partial charge in [-0.2, -0.15) is 0 Å². The summed E-state index contributed by atoms with van der Waals surface area (Å²) in [6.07, 6.45) is 1.24. The summed E-state index contributed by atoms with van der Waals surface area (Å²) < 4.78 is 0. The van der Waals surface area contributed by atoms with Gasteiger partial charge in [0.25, 0.3) is 0 Å². The Hall–Kier alpha value is -2.47. The van der Waals surface area contributed by atoms with E-state index in [0.717, 1.165) is 23.1 Å². The SMILES string of the molecule is CC[C@@H](C)NC(=O)[C@H](Cc1ccccc1)N(Cc1ccc(Cl)cc1)C(=O)CSCc1cccc(Cl)c1. The van der Waals surface area contributed by atoms with Gasteiger partial charge in [-0.15, -0.1) is 11.8 Å². The summed E-state index contributed by atoms with van der Waals surface area (Å²) in [4.78, 5) is 28.8. The maximum atomic E-state index is 13.6. The van der Waals surface area contributed by atoms with Crippen molar-refractivity contribution in [2.75, 3.05) is 5.75 Å². The molecule has 2 atom stereocenters. The summed E-state index contributed by atoms with van der Waals surface area (Å²) in [5.41, 5.74) is 2.98. The number of nitrogens with one attached hydrogen (secondary N) is 1. The molecule has 0 aliphatic rings. The highest BCUT2D eigenvalue weighted by molar-refractivity contribution is 7.99. The standard InChI is InChI=1S/C29H32Cl2N2O2S/c1-3-21(2)32-29(35)27(17-22-8-5-4-6-9-22)33(18-23-12-14-25(30)15-13-23)28(34)20-36-19-24-10-7-11-26(31)16-24/h4-16,21,27H,3,17-20H2,1-2H3,(H,32,35)/t21-,27+/m1/s1. The first kappa shape index (κ1) is 28.1. The molecule has 0 radical (unpaired) electrons. The van der Waals surface area contributed by atoms with E-state index in [4.69, 9.17) is 23.2 Å². The molecule has 0 aliphatic carbocycles. The van der Waals surface area contributed by atoms with E-state index in [2.05, 4.69) is 5.32 Å². The largest absolute Gasteiger partial charge is 0.352 e. The quantitative estimate of drug-likeness (QED) is 0.274. The molecule has 3 rings (SSSR count). The Morgan fingerprint density at radius 3 is 2.25 bits per heavy atom. The first-order valence-corrected chi connectivity index (χ1v) is 14.0. The van der Waals surface area contributed by atoms with Gasteiger partial charge in [-0.1, -0.05) is 84.7 Å². The second-order valence-electron chi connectivity index (χ2n) is 8.79. The predicted octanol–water partition coefficient (Wildman–Crippen LogP) is 6.78. The molecule has 1 N–H and O–H groups in total. The minimum absolute atomic E-state index is 0.0143. The smallest absolute Gasteiger partial charge is 0.243 e. The van der Waals surface area contributed by atoms with Gasteiger partial charge in [-0.3, -0.25) is 9.59 Å². The van der Waals surface area contributed by atoms with Gasteiger partial charge >= 0.3 is 0 Å². The number of amides is 2. The lowest BCUT2D eigenvalue weighted by atomic mass is 10.0. The monoisotopic (exact) mass is 542 g/mol. The number of hydrogen-bond acceptors (Lipinski definition) is 3. The molecule has 190 valence electrons. The zero-order valence-electron chi connectivity index (χ0n) is 20.6. The van der Waals surface area contributed by atoms with Crippen molar-refractivity contribution in [1.29, 1.82) is 0 Å². The van der Waals surface area contributed by atoms with Gasteiger partial charge in [0, 0.05) is 34.8 Å². The Labute approximate surface area is 228 Å². The summed E-state index contributed by atoms with van der Waals surface area (Å²) >= 11 is 13.7. The topological polar surface area (TPSA) is 49.4 Å². The van der Waals surface area contributed by atoms with Crippen LogP contribution in [0.2, 0.25) is 10.0 Å². The molecule has 0 heterocycles. The van der Waals surface area contributed by atoms with Crippen molar-refractivity contribution in [3.05, 3.63) is 106 Å². The second-order valence-corrected chi connectivity index (χ2v) is 10.7. The van der Waals surface area contributed by atoms with Gasteiger partial charge in [0.2, 0.25) is 11.8 Å². The number of benzene rings is 3. The van der Waals surface area contributed by atoms with Crippen LogP contribution in [-0.4, -0.2) is 34.6 Å². The van der Waals surface area contributed by atoms with Gasteiger partial charge in [0.1, 0.15) is 6.04 Å². The number of rotatable bonds is 12. The average molecular weight is 544 g/mol. The van der Waals surface area contributed by atoms with Gasteiger partial charge < -0.3 is 10.2 Å². The van der Waals surface area contributed by atoms with Gasteiger partial charge in [-0.05, 0) is 54.3 Å². The van der Waals surface area contributed by atoms with Gasteiger partial charge in [-0.25, -0.2) is 0 Å². The van der Waals surface area contributed by atoms with Crippen molar-refractivity contribution in [3.63, 3.8) is 0 Å². The molecule has 4 nitrogen and oxygen atoms in total. The zero-order chi connectivity index (χ0) is 25.9. The fourth-order valence-corrected chi connectivity index (χ4v) is 4.94. The highest BCUT2D eigenvalue weighted by Crippen LogP contribution is 2.21. The van der Waals surface area contributed by atoms with Gasteiger partial charge in [0.15, 0.2) is 0 Å². The fourth-order valence-electron chi connectivity index (χ4n) is 3.75. The third-order valence-electron chi connectivity index (χ3n) is 5.92. The van der Waals surface area contributed by atoms with E-state index in [1.54, 1.807) is 17.0 Å². The molecule has 0 spiro atoms. The van der Waals surface area contributed by atoms with E-state index < -0.39 is 6.04 Å². The normalized spacial score (nSPS) is 12.6. The molecule has 3 aromatic carbocycles. The highest BCUT2D eigenvalue weighted by Gasteiger charge is 2.30. The molecule has 3 aromatic rings. The summed E-state index contributed by atoms with van der Waals surface area (Å²) in [5.74, 6) is 0.679. The lowest BCUT2D eigenvalue weighted by Gasteiger charge is -2.32. The summed E-state index contributed by atoms with van der Waals surface area (Å²) in [6.45, 7) is 4.32. The maximum Gasteiger partial charge on any atom is 0.243 e. The first-order valence-electron chi connectivity index (χ1n) is 12.1. The van der Waals surface area contributed by atoms with Crippen LogP contribution in [-0.2, 0) is 28.3 Å². The number of hydrogen-bond donors (Lipinski definition) is 1. The lowest BCUT2D eigenvalue weighted by molar-refractivity contribution is -0.139. The summed E-state index contributed by atoms with van der Waals surface area (Å²) in [5, 5.41) is 4.40. The molecular weight excluding hydrogens is 511 g/mol. The Morgan fingerprint density at radius 1 is 0.889 bits per heavy atom. The van der Waals surface area contributed by atoms with E-state index in [1.807, 2.05) is 80.6 Å². The van der Waals surface area contributed by atoms with Crippen molar-refractivity contribution >= 4 is 46.8 Å². The Balaban J connectivity index is 1.85. The molecule has 0 fully saturated rings. The maximum absolute atomic E-state index is 13.6. The fraction of sp³-hybridized carbons (Fsp3) is 0.310. The van der Waals surface area contributed by atoms with E-state index in [-0.39, 0.29) is 23.6 Å². The minimum Gasteiger partial charge on any atom is -0.352 e. The molecule has 7 heteroatoms. The summed E-state index contributed by atoms with van der Waals surface area (Å²) in [7, 11) is 0. The number of carbonyl (C=O) groups is 2. The van der Waals surface area contributed by atoms with Gasteiger partial charge in [0.05, 0.1) is 5.75 Å². The van der Waals surface area contributed by atoms with Crippen LogP contribution in [0, 0.1) is 0 Å². The van der Waals surface area contributed by atoms with Crippen LogP contribution < -0.4 is 5.32 Å². The van der Waals surface area contributed by atoms with Crippen LogP contribution in [0.1, 0.15) is 37.0 Å². The molecule has 0 bridgehead atoms. The molecule has 36 heavy (non-hydrogen) atoms. The van der Waals surface area contributed by atoms with Crippen LogP contribution in [0.3, 0.4) is 0 Å². The molecule has 0 aliphatic heterocycles. The number of carbonyl (C=O) groups excluding carboxylic acids is 2. The molecule has 0 aromatic heterocycles. The Kier molecular flexibility index (Phi) is 11.2. The van der Waals surface area contributed by atoms with Crippen LogP contribution in [0.5, 0.6) is 0 Å². The van der Waals surface area contributed by atoms with E-state index >= 15 is 0 Å². The van der Waals surface area contributed by atoms with E-state index in [1.165, 1.54) is 11.8 Å². The molecule has 0 saturated carbocycles. The molecule has 0 saturated heterocycles. The van der Waals surface area contributed by atoms with E-state index in [0.29, 0.717) is 28.8 Å². The lowest BCUT2D eigenvalue weighted by Crippen LogP contribution is -2.52. The number of thioether (sulfide) groups is 1. The number of halogens is 2. The van der Waals surface area contributed by atoms with Crippen LogP contribution >= 0.6 is 35.0 Å². The molecule has 0 unspecified atom stereocenters. The van der Waals surface area contributed by atoms with Crippen molar-refractivity contribution in [3.8, 4) is 0 Å². The summed E-state index contributed by atoms with van der Waals surface area (Å²) in [6, 6.07) is 24.2. The second kappa shape index (κ2) is 14.3. The molecular formula is C29H32Cl2N2O2S. The minimum atomic E-state index is -0.642. The Bertz CT molecular complexity index is 1130. The third kappa shape index (κ3) is 8.88. The van der Waals surface area contributed by atoms with Crippen molar-refractivity contribution in [1.82, 2.24) is 10.2 Å².